The van der Waals surface area contributed by atoms with Gasteiger partial charge in [-0.15, -0.1) is 11.3 Å². The van der Waals surface area contributed by atoms with Crippen molar-refractivity contribution < 1.29 is 4.81 Å². The van der Waals surface area contributed by atoms with Crippen LogP contribution in [0.15, 0.2) is 76.1 Å². The van der Waals surface area contributed by atoms with Gasteiger partial charge in [-0.3, -0.25) is 0 Å². The molecule has 0 bridgehead atoms. The van der Waals surface area contributed by atoms with E-state index in [1.807, 2.05) is 67.6 Å². The van der Waals surface area contributed by atoms with Crippen molar-refractivity contribution in [2.75, 3.05) is 0 Å². The molecule has 2 heterocycles. The van der Waals surface area contributed by atoms with Crippen LogP contribution in [0, 0.1) is 13.8 Å². The minimum atomic E-state index is -0.916. The zero-order chi connectivity index (χ0) is 16.6. The fraction of sp³-hybridized carbons (Fsp3) is 0.167. The summed E-state index contributed by atoms with van der Waals surface area (Å²) in [6, 6.07) is 19.8. The molecule has 4 rings (SSSR count). The van der Waals surface area contributed by atoms with Crippen LogP contribution in [-0.4, -0.2) is 9.79 Å². The highest BCUT2D eigenvalue weighted by Gasteiger charge is 2.51. The lowest BCUT2D eigenvalue weighted by molar-refractivity contribution is -0.518. The van der Waals surface area contributed by atoms with Crippen LogP contribution in [0.4, 0.5) is 5.69 Å². The molecular formula is C18H16N5S+. The molecule has 0 saturated heterocycles. The predicted molar refractivity (Wildman–Crippen MR) is 92.5 cm³/mol. The van der Waals surface area contributed by atoms with Gasteiger partial charge in [0.05, 0.1) is 10.8 Å². The molecule has 0 radical (unpaired) electrons. The van der Waals surface area contributed by atoms with Gasteiger partial charge >= 0.3 is 5.66 Å². The molecule has 0 amide bonds. The Morgan fingerprint density at radius 2 is 1.58 bits per heavy atom. The minimum Gasteiger partial charge on any atom is -0.239 e. The van der Waals surface area contributed by atoms with Gasteiger partial charge in [0.1, 0.15) is 0 Å². The van der Waals surface area contributed by atoms with Gasteiger partial charge in [-0.2, -0.15) is 0 Å². The second-order valence-electron chi connectivity index (χ2n) is 5.61. The Morgan fingerprint density at radius 3 is 2.21 bits per heavy atom. The van der Waals surface area contributed by atoms with E-state index in [-0.39, 0.29) is 0 Å². The first-order chi connectivity index (χ1) is 11.7. The zero-order valence-corrected chi connectivity index (χ0v) is 14.2. The Kier molecular flexibility index (Phi) is 3.54. The van der Waals surface area contributed by atoms with Crippen molar-refractivity contribution in [2.24, 2.45) is 15.5 Å². The van der Waals surface area contributed by atoms with Gasteiger partial charge in [-0.25, -0.2) is 4.98 Å². The maximum atomic E-state index is 4.83. The van der Waals surface area contributed by atoms with Crippen molar-refractivity contribution in [2.45, 2.75) is 19.5 Å². The van der Waals surface area contributed by atoms with Crippen LogP contribution in [0.5, 0.6) is 0 Å². The molecule has 0 aliphatic carbocycles. The van der Waals surface area contributed by atoms with Crippen molar-refractivity contribution >= 4 is 17.0 Å². The Morgan fingerprint density at radius 1 is 0.917 bits per heavy atom. The molecule has 5 nitrogen and oxygen atoms in total. The van der Waals surface area contributed by atoms with E-state index in [0.29, 0.717) is 0 Å². The average molecular weight is 334 g/mol. The molecular weight excluding hydrogens is 318 g/mol. The van der Waals surface area contributed by atoms with Crippen LogP contribution < -0.4 is 0 Å². The van der Waals surface area contributed by atoms with Gasteiger partial charge in [-0.1, -0.05) is 48.5 Å². The molecule has 118 valence electrons. The predicted octanol–water partition coefficient (Wildman–Crippen LogP) is 5.14. The number of para-hydroxylation sites is 1. The largest absolute Gasteiger partial charge is 0.380 e. The minimum absolute atomic E-state index is 0.839. The van der Waals surface area contributed by atoms with Gasteiger partial charge in [0, 0.05) is 15.2 Å². The van der Waals surface area contributed by atoms with E-state index in [1.165, 1.54) is 4.88 Å². The third-order valence-electron chi connectivity index (χ3n) is 4.00. The van der Waals surface area contributed by atoms with E-state index >= 15 is 0 Å². The molecule has 1 aliphatic heterocycles. The molecule has 1 aliphatic rings. The molecule has 1 unspecified atom stereocenters. The maximum Gasteiger partial charge on any atom is 0.380 e. The van der Waals surface area contributed by atoms with Gasteiger partial charge < -0.3 is 0 Å². The van der Waals surface area contributed by atoms with Crippen LogP contribution in [0.2, 0.25) is 0 Å². The molecule has 2 aromatic carbocycles. The van der Waals surface area contributed by atoms with Crippen LogP contribution in [0.1, 0.15) is 21.1 Å². The van der Waals surface area contributed by atoms with Crippen molar-refractivity contribution in [1.29, 1.82) is 0 Å². The first-order valence-corrected chi connectivity index (χ1v) is 8.51. The van der Waals surface area contributed by atoms with Crippen LogP contribution >= 0.6 is 11.3 Å². The summed E-state index contributed by atoms with van der Waals surface area (Å²) >= 11 is 1.62. The fourth-order valence-corrected chi connectivity index (χ4v) is 3.58. The second-order valence-corrected chi connectivity index (χ2v) is 6.82. The average Bonchev–Trinajstić information content (AvgIpc) is 3.22. The lowest BCUT2D eigenvalue weighted by Gasteiger charge is -2.10. The summed E-state index contributed by atoms with van der Waals surface area (Å²) in [4.78, 5) is 7.47. The number of rotatable bonds is 3. The highest BCUT2D eigenvalue weighted by atomic mass is 32.1. The summed E-state index contributed by atoms with van der Waals surface area (Å²) in [7, 11) is 0. The molecule has 24 heavy (non-hydrogen) atoms. The van der Waals surface area contributed by atoms with E-state index in [1.54, 1.807) is 16.1 Å². The van der Waals surface area contributed by atoms with Crippen LogP contribution in [-0.2, 0) is 5.66 Å². The fourth-order valence-electron chi connectivity index (χ4n) is 2.57. The molecule has 1 aromatic heterocycles. The highest BCUT2D eigenvalue weighted by Crippen LogP contribution is 2.42. The first-order valence-electron chi connectivity index (χ1n) is 7.70. The Labute approximate surface area is 144 Å². The summed E-state index contributed by atoms with van der Waals surface area (Å²) in [6.45, 7) is 4.07. The number of aromatic nitrogens is 1. The molecule has 0 N–H and O–H groups in total. The van der Waals surface area contributed by atoms with Crippen molar-refractivity contribution in [3.63, 3.8) is 0 Å². The van der Waals surface area contributed by atoms with E-state index in [9.17, 15) is 0 Å². The van der Waals surface area contributed by atoms with Gasteiger partial charge in [0.15, 0.2) is 15.9 Å². The van der Waals surface area contributed by atoms with Gasteiger partial charge in [-0.05, 0) is 31.1 Å². The number of azo groups is 1. The van der Waals surface area contributed by atoms with Gasteiger partial charge in [0.25, 0.3) is 0 Å². The lowest BCUT2D eigenvalue weighted by atomic mass is 10.0. The van der Waals surface area contributed by atoms with E-state index in [4.69, 9.17) is 10.1 Å². The number of aryl methyl sites for hydroxylation is 2. The Balaban J connectivity index is 1.91. The third-order valence-corrected chi connectivity index (χ3v) is 5.17. The number of hydrogen-bond donors (Lipinski definition) is 0. The number of hydrogen-bond acceptors (Lipinski definition) is 5. The maximum absolute atomic E-state index is 4.83. The molecule has 1 atom stereocenters. The van der Waals surface area contributed by atoms with Crippen LogP contribution in [0.3, 0.4) is 0 Å². The summed E-state index contributed by atoms with van der Waals surface area (Å²) in [5.74, 6) is 0. The highest BCUT2D eigenvalue weighted by molar-refractivity contribution is 7.11. The second kappa shape index (κ2) is 5.72. The van der Waals surface area contributed by atoms with E-state index in [2.05, 4.69) is 17.3 Å². The molecule has 0 spiro atoms. The number of nitrogens with zero attached hydrogens (tertiary/aromatic N) is 5. The van der Waals surface area contributed by atoms with Crippen molar-refractivity contribution in [3.05, 3.63) is 81.8 Å². The molecule has 0 saturated carbocycles. The van der Waals surface area contributed by atoms with Crippen molar-refractivity contribution in [1.82, 2.24) is 4.98 Å². The molecule has 3 aromatic rings. The Hall–Kier alpha value is -2.73. The lowest BCUT2D eigenvalue weighted by Crippen LogP contribution is -2.21. The Bertz CT molecular complexity index is 911. The standard InChI is InChI=1S/C18H16N5S/c1-13-14(2)24-17(19-13)18(15-9-5-3-6-10-15)20-22-23(21-18)16-11-7-4-8-12-16/h3-12H,1-2H3/q+1. The van der Waals surface area contributed by atoms with Crippen molar-refractivity contribution in [3.8, 4) is 0 Å². The first kappa shape index (κ1) is 14.8. The van der Waals surface area contributed by atoms with E-state index in [0.717, 1.165) is 22.0 Å². The van der Waals surface area contributed by atoms with E-state index < -0.39 is 5.66 Å². The summed E-state index contributed by atoms with van der Waals surface area (Å²) in [5, 5.41) is 14.5. The zero-order valence-electron chi connectivity index (χ0n) is 13.4. The smallest absolute Gasteiger partial charge is 0.239 e. The molecule has 0 fully saturated rings. The normalized spacial score (nSPS) is 19.5. The summed E-state index contributed by atoms with van der Waals surface area (Å²) < 4.78 is 0. The number of benzene rings is 2. The third kappa shape index (κ3) is 2.35. The quantitative estimate of drug-likeness (QED) is 0.612. The SMILES string of the molecule is Cc1nc(C2(c3ccccc3)N=N[N+](c3ccccc3)=N2)sc1C. The molecule has 6 heteroatoms. The summed E-state index contributed by atoms with van der Waals surface area (Å²) in [5.41, 5.74) is 1.93. The van der Waals surface area contributed by atoms with Crippen LogP contribution in [0.25, 0.3) is 0 Å². The van der Waals surface area contributed by atoms with Gasteiger partial charge in [0.2, 0.25) is 0 Å². The number of thiazole rings is 1. The summed E-state index contributed by atoms with van der Waals surface area (Å²) in [6.07, 6.45) is 0. The monoisotopic (exact) mass is 334 g/mol. The topological polar surface area (TPSA) is 53.0 Å².